The monoisotopic (exact) mass is 374 g/mol. The number of nitrogens with two attached hydrogens (primary N) is 1. The molecule has 2 N–H and O–H groups in total. The van der Waals surface area contributed by atoms with Crippen molar-refractivity contribution in [3.63, 3.8) is 0 Å². The van der Waals surface area contributed by atoms with Gasteiger partial charge in [-0.05, 0) is 44.0 Å². The second-order valence-electron chi connectivity index (χ2n) is 3.16. The normalized spacial score (nSPS) is 10.2. The number of nitrogens with zero attached hydrogens (tertiary/aromatic N) is 3. The summed E-state index contributed by atoms with van der Waals surface area (Å²) >= 11 is 12.8. The first-order valence-corrected chi connectivity index (χ1v) is 6.40. The van der Waals surface area contributed by atoms with E-state index in [4.69, 9.17) is 22.6 Å². The molecule has 0 amide bonds. The Morgan fingerprint density at radius 3 is 2.71 bits per heavy atom. The zero-order chi connectivity index (χ0) is 12.6. The molecule has 0 fully saturated rings. The van der Waals surface area contributed by atoms with Gasteiger partial charge in [0.25, 0.3) is 0 Å². The maximum absolute atomic E-state index is 8.82. The average Bonchev–Trinajstić information content (AvgIpc) is 2.68. The zero-order valence-corrected chi connectivity index (χ0v) is 12.2. The highest BCUT2D eigenvalue weighted by atomic mass is 79.9. The summed E-state index contributed by atoms with van der Waals surface area (Å²) in [5, 5.41) is 13.4. The van der Waals surface area contributed by atoms with Crippen LogP contribution in [-0.2, 0) is 0 Å². The minimum atomic E-state index is 0.284. The lowest BCUT2D eigenvalue weighted by Crippen LogP contribution is -2.03. The van der Waals surface area contributed by atoms with E-state index in [0.29, 0.717) is 20.7 Å². The molecule has 0 radical (unpaired) electrons. The number of nitriles is 1. The molecule has 0 spiro atoms. The van der Waals surface area contributed by atoms with Crippen molar-refractivity contribution in [3.8, 4) is 11.8 Å². The number of aromatic nitrogens is 2. The highest BCUT2D eigenvalue weighted by Crippen LogP contribution is 2.35. The van der Waals surface area contributed by atoms with Crippen LogP contribution >= 0.6 is 43.5 Å². The van der Waals surface area contributed by atoms with Crippen molar-refractivity contribution in [2.75, 3.05) is 5.73 Å². The van der Waals surface area contributed by atoms with Gasteiger partial charge in [0.15, 0.2) is 0 Å². The van der Waals surface area contributed by atoms with Gasteiger partial charge in [-0.25, -0.2) is 4.68 Å². The van der Waals surface area contributed by atoms with Gasteiger partial charge in [-0.3, -0.25) is 0 Å². The molecule has 0 saturated carbocycles. The third-order valence-corrected chi connectivity index (χ3v) is 4.48. The second-order valence-corrected chi connectivity index (χ2v) is 5.19. The molecule has 1 aromatic carbocycles. The van der Waals surface area contributed by atoms with E-state index in [1.807, 2.05) is 6.07 Å². The lowest BCUT2D eigenvalue weighted by Gasteiger charge is -2.09. The van der Waals surface area contributed by atoms with E-state index in [-0.39, 0.29) is 5.82 Å². The minimum Gasteiger partial charge on any atom is -0.382 e. The van der Waals surface area contributed by atoms with Crippen molar-refractivity contribution in [2.45, 2.75) is 0 Å². The zero-order valence-electron chi connectivity index (χ0n) is 8.28. The Morgan fingerprint density at radius 1 is 1.41 bits per heavy atom. The van der Waals surface area contributed by atoms with Crippen molar-refractivity contribution in [2.24, 2.45) is 0 Å². The molecule has 0 aliphatic carbocycles. The third-order valence-electron chi connectivity index (χ3n) is 2.17. The third kappa shape index (κ3) is 2.06. The van der Waals surface area contributed by atoms with E-state index in [0.717, 1.165) is 4.47 Å². The number of nitrogen functional groups attached to an aromatic ring is 1. The molecule has 1 aromatic heterocycles. The first kappa shape index (κ1) is 12.4. The molecule has 4 nitrogen and oxygen atoms in total. The van der Waals surface area contributed by atoms with Crippen LogP contribution < -0.4 is 5.73 Å². The van der Waals surface area contributed by atoms with Crippen molar-refractivity contribution in [1.82, 2.24) is 9.78 Å². The number of anilines is 1. The smallest absolute Gasteiger partial charge is 0.145 e. The Kier molecular flexibility index (Phi) is 3.43. The van der Waals surface area contributed by atoms with E-state index in [2.05, 4.69) is 37.0 Å². The van der Waals surface area contributed by atoms with Gasteiger partial charge >= 0.3 is 0 Å². The maximum Gasteiger partial charge on any atom is 0.145 e. The highest BCUT2D eigenvalue weighted by molar-refractivity contribution is 9.11. The van der Waals surface area contributed by atoms with Crippen LogP contribution in [0.4, 0.5) is 5.82 Å². The van der Waals surface area contributed by atoms with Crippen molar-refractivity contribution < 1.29 is 0 Å². The van der Waals surface area contributed by atoms with Gasteiger partial charge in [0, 0.05) is 4.47 Å². The summed E-state index contributed by atoms with van der Waals surface area (Å²) in [5.41, 5.74) is 6.81. The van der Waals surface area contributed by atoms with Crippen LogP contribution in [0.5, 0.6) is 0 Å². The van der Waals surface area contributed by atoms with E-state index >= 15 is 0 Å². The van der Waals surface area contributed by atoms with Gasteiger partial charge < -0.3 is 5.73 Å². The van der Waals surface area contributed by atoms with Gasteiger partial charge in [0.05, 0.1) is 21.4 Å². The first-order valence-electron chi connectivity index (χ1n) is 4.43. The number of hydrogen-bond donors (Lipinski definition) is 1. The van der Waals surface area contributed by atoms with Crippen LogP contribution in [0.25, 0.3) is 5.69 Å². The molecule has 2 aromatic rings. The second kappa shape index (κ2) is 4.69. The number of benzene rings is 1. The molecule has 0 aliphatic heterocycles. The maximum atomic E-state index is 8.82. The van der Waals surface area contributed by atoms with Crippen LogP contribution in [0.3, 0.4) is 0 Å². The average molecular weight is 376 g/mol. The van der Waals surface area contributed by atoms with Gasteiger partial charge in [0.1, 0.15) is 17.5 Å². The van der Waals surface area contributed by atoms with Crippen molar-refractivity contribution >= 4 is 49.3 Å². The van der Waals surface area contributed by atoms with Crippen molar-refractivity contribution in [3.05, 3.63) is 37.9 Å². The molecule has 1 heterocycles. The molecular formula is C10H5Br2ClN4. The highest BCUT2D eigenvalue weighted by Gasteiger charge is 2.14. The fourth-order valence-corrected chi connectivity index (χ4v) is 2.59. The summed E-state index contributed by atoms with van der Waals surface area (Å²) in [6.07, 6.45) is 1.41. The fraction of sp³-hybridized carbons (Fsp3) is 0. The SMILES string of the molecule is N#Cc1cnn(-c2ccc(Br)c(Cl)c2Br)c1N. The summed E-state index contributed by atoms with van der Waals surface area (Å²) in [7, 11) is 0. The summed E-state index contributed by atoms with van der Waals surface area (Å²) in [4.78, 5) is 0. The van der Waals surface area contributed by atoms with E-state index < -0.39 is 0 Å². The Bertz CT molecular complexity index is 630. The van der Waals surface area contributed by atoms with E-state index in [1.165, 1.54) is 10.9 Å². The first-order chi connectivity index (χ1) is 8.06. The lowest BCUT2D eigenvalue weighted by molar-refractivity contribution is 0.886. The summed E-state index contributed by atoms with van der Waals surface area (Å²) < 4.78 is 2.88. The summed E-state index contributed by atoms with van der Waals surface area (Å²) in [5.74, 6) is 0.284. The fourth-order valence-electron chi connectivity index (χ4n) is 1.32. The van der Waals surface area contributed by atoms with Gasteiger partial charge in [-0.15, -0.1) is 0 Å². The molecule has 2 rings (SSSR count). The molecule has 0 saturated heterocycles. The predicted octanol–water partition coefficient (Wildman–Crippen LogP) is 3.50. The molecule has 86 valence electrons. The van der Waals surface area contributed by atoms with Crippen LogP contribution in [0.15, 0.2) is 27.3 Å². The quantitative estimate of drug-likeness (QED) is 0.775. The predicted molar refractivity (Wildman–Crippen MR) is 73.1 cm³/mol. The van der Waals surface area contributed by atoms with Gasteiger partial charge in [0.2, 0.25) is 0 Å². The van der Waals surface area contributed by atoms with Crippen molar-refractivity contribution in [1.29, 1.82) is 5.26 Å². The van der Waals surface area contributed by atoms with E-state index in [1.54, 1.807) is 12.1 Å². The largest absolute Gasteiger partial charge is 0.382 e. The molecule has 17 heavy (non-hydrogen) atoms. The van der Waals surface area contributed by atoms with Crippen LogP contribution in [0.2, 0.25) is 5.02 Å². The van der Waals surface area contributed by atoms with E-state index in [9.17, 15) is 0 Å². The minimum absolute atomic E-state index is 0.284. The number of hydrogen-bond acceptors (Lipinski definition) is 3. The Balaban J connectivity index is 2.66. The molecule has 0 atom stereocenters. The van der Waals surface area contributed by atoms with Crippen LogP contribution in [0.1, 0.15) is 5.56 Å². The van der Waals surface area contributed by atoms with Crippen LogP contribution in [-0.4, -0.2) is 9.78 Å². The van der Waals surface area contributed by atoms with Crippen LogP contribution in [0, 0.1) is 11.3 Å². The van der Waals surface area contributed by atoms with Gasteiger partial charge in [-0.1, -0.05) is 11.6 Å². The molecule has 0 bridgehead atoms. The number of rotatable bonds is 1. The topological polar surface area (TPSA) is 67.6 Å². The Labute approximate surface area is 119 Å². The Hall–Kier alpha value is -1.03. The molecule has 0 unspecified atom stereocenters. The molecule has 0 aliphatic rings. The molecule has 7 heteroatoms. The summed E-state index contributed by atoms with van der Waals surface area (Å²) in [6.45, 7) is 0. The standard InChI is InChI=1S/C10H5Br2ClN4/c11-6-1-2-7(8(12)9(6)13)17-10(15)5(3-14)4-16-17/h1-2,4H,15H2. The Morgan fingerprint density at radius 2 is 2.12 bits per heavy atom. The number of halogens is 3. The van der Waals surface area contributed by atoms with Gasteiger partial charge in [-0.2, -0.15) is 10.4 Å². The lowest BCUT2D eigenvalue weighted by atomic mass is 10.3. The summed E-state index contributed by atoms with van der Waals surface area (Å²) in [6, 6.07) is 5.55. The molecular weight excluding hydrogens is 371 g/mol.